The topological polar surface area (TPSA) is 55.1 Å². The maximum Gasteiger partial charge on any atom is 0.227 e. The van der Waals surface area contributed by atoms with Crippen molar-refractivity contribution < 1.29 is 9.21 Å². The van der Waals surface area contributed by atoms with Crippen molar-refractivity contribution in [3.63, 3.8) is 0 Å². The zero-order chi connectivity index (χ0) is 16.4. The van der Waals surface area contributed by atoms with Crippen molar-refractivity contribution in [2.24, 2.45) is 0 Å². The van der Waals surface area contributed by atoms with Crippen molar-refractivity contribution in [1.29, 1.82) is 0 Å². The molecule has 2 aromatic carbocycles. The van der Waals surface area contributed by atoms with Crippen LogP contribution in [0.4, 0.5) is 5.69 Å². The van der Waals surface area contributed by atoms with Gasteiger partial charge in [-0.25, -0.2) is 4.98 Å². The second-order valence-corrected chi connectivity index (χ2v) is 5.80. The summed E-state index contributed by atoms with van der Waals surface area (Å²) in [6.45, 7) is 6.13. The first-order valence-corrected chi connectivity index (χ1v) is 7.85. The number of carbonyl (C=O) groups excluding carboxylic acids is 1. The zero-order valence-corrected chi connectivity index (χ0v) is 13.6. The maximum atomic E-state index is 11.7. The highest BCUT2D eigenvalue weighted by molar-refractivity contribution is 5.93. The number of oxazole rings is 1. The lowest BCUT2D eigenvalue weighted by Gasteiger charge is -2.02. The lowest BCUT2D eigenvalue weighted by Crippen LogP contribution is -2.10. The van der Waals surface area contributed by atoms with Crippen LogP contribution in [-0.4, -0.2) is 10.9 Å². The number of hydrogen-bond donors (Lipinski definition) is 1. The van der Waals surface area contributed by atoms with E-state index in [0.29, 0.717) is 17.9 Å². The van der Waals surface area contributed by atoms with Gasteiger partial charge in [0, 0.05) is 17.7 Å². The quantitative estimate of drug-likeness (QED) is 0.749. The maximum absolute atomic E-state index is 11.7. The van der Waals surface area contributed by atoms with Gasteiger partial charge in [0.1, 0.15) is 5.52 Å². The van der Waals surface area contributed by atoms with E-state index in [9.17, 15) is 4.79 Å². The Morgan fingerprint density at radius 3 is 2.70 bits per heavy atom. The highest BCUT2D eigenvalue weighted by Crippen LogP contribution is 2.27. The van der Waals surface area contributed by atoms with Crippen LogP contribution in [0.2, 0.25) is 0 Å². The number of nitrogens with zero attached hydrogens (tertiary/aromatic N) is 1. The van der Waals surface area contributed by atoms with E-state index in [4.69, 9.17) is 4.42 Å². The molecule has 1 heterocycles. The second kappa shape index (κ2) is 6.24. The molecule has 0 bridgehead atoms. The monoisotopic (exact) mass is 308 g/mol. The standard InChI is InChI=1S/C19H20N2O2/c1-4-5-18(22)20-15-8-9-17-16(11-15)21-19(23-17)14-7-6-12(2)13(3)10-14/h6-11H,4-5H2,1-3H3,(H,20,22). The van der Waals surface area contributed by atoms with Crippen molar-refractivity contribution in [1.82, 2.24) is 4.98 Å². The number of rotatable bonds is 4. The first-order chi connectivity index (χ1) is 11.1. The summed E-state index contributed by atoms with van der Waals surface area (Å²) in [6.07, 6.45) is 1.35. The molecule has 0 aliphatic heterocycles. The van der Waals surface area contributed by atoms with Gasteiger partial charge in [-0.1, -0.05) is 13.0 Å². The number of hydrogen-bond acceptors (Lipinski definition) is 3. The minimum atomic E-state index is 0.0183. The summed E-state index contributed by atoms with van der Waals surface area (Å²) in [4.78, 5) is 16.2. The van der Waals surface area contributed by atoms with Gasteiger partial charge in [0.25, 0.3) is 0 Å². The molecule has 3 rings (SSSR count). The van der Waals surface area contributed by atoms with Gasteiger partial charge in [0.05, 0.1) is 0 Å². The Bertz CT molecular complexity index is 865. The summed E-state index contributed by atoms with van der Waals surface area (Å²) in [5.41, 5.74) is 5.61. The molecule has 0 atom stereocenters. The highest BCUT2D eigenvalue weighted by Gasteiger charge is 2.10. The molecule has 1 amide bonds. The number of fused-ring (bicyclic) bond motifs is 1. The Morgan fingerprint density at radius 1 is 1.13 bits per heavy atom. The number of carbonyl (C=O) groups is 1. The number of benzene rings is 2. The molecule has 23 heavy (non-hydrogen) atoms. The molecule has 0 saturated carbocycles. The van der Waals surface area contributed by atoms with Crippen molar-refractivity contribution in [3.05, 3.63) is 47.5 Å². The van der Waals surface area contributed by atoms with E-state index in [1.165, 1.54) is 11.1 Å². The predicted molar refractivity (Wildman–Crippen MR) is 92.5 cm³/mol. The number of aryl methyl sites for hydroxylation is 2. The highest BCUT2D eigenvalue weighted by atomic mass is 16.3. The Labute approximate surface area is 135 Å². The number of aromatic nitrogens is 1. The van der Waals surface area contributed by atoms with Crippen LogP contribution < -0.4 is 5.32 Å². The van der Waals surface area contributed by atoms with Gasteiger partial charge in [-0.2, -0.15) is 0 Å². The Kier molecular flexibility index (Phi) is 4.15. The van der Waals surface area contributed by atoms with Crippen molar-refractivity contribution in [3.8, 4) is 11.5 Å². The van der Waals surface area contributed by atoms with E-state index in [0.717, 1.165) is 23.2 Å². The van der Waals surface area contributed by atoms with Crippen molar-refractivity contribution in [2.45, 2.75) is 33.6 Å². The summed E-state index contributed by atoms with van der Waals surface area (Å²) in [7, 11) is 0. The average Bonchev–Trinajstić information content (AvgIpc) is 2.93. The van der Waals surface area contributed by atoms with Crippen LogP contribution in [0, 0.1) is 13.8 Å². The van der Waals surface area contributed by atoms with Crippen LogP contribution >= 0.6 is 0 Å². The summed E-state index contributed by atoms with van der Waals surface area (Å²) in [5, 5.41) is 2.88. The first-order valence-electron chi connectivity index (χ1n) is 7.85. The second-order valence-electron chi connectivity index (χ2n) is 5.80. The third-order valence-electron chi connectivity index (χ3n) is 3.90. The smallest absolute Gasteiger partial charge is 0.227 e. The van der Waals surface area contributed by atoms with E-state index in [1.807, 2.05) is 31.2 Å². The number of amides is 1. The van der Waals surface area contributed by atoms with E-state index in [1.54, 1.807) is 0 Å². The van der Waals surface area contributed by atoms with Gasteiger partial charge < -0.3 is 9.73 Å². The molecule has 3 aromatic rings. The van der Waals surface area contributed by atoms with Gasteiger partial charge >= 0.3 is 0 Å². The summed E-state index contributed by atoms with van der Waals surface area (Å²) in [5.74, 6) is 0.616. The molecule has 0 saturated heterocycles. The third-order valence-corrected chi connectivity index (χ3v) is 3.90. The van der Waals surface area contributed by atoms with E-state index in [2.05, 4.69) is 36.3 Å². The van der Waals surface area contributed by atoms with Gasteiger partial charge in [-0.05, 0) is 61.7 Å². The fourth-order valence-electron chi connectivity index (χ4n) is 2.45. The van der Waals surface area contributed by atoms with Crippen molar-refractivity contribution in [2.75, 3.05) is 5.32 Å². The van der Waals surface area contributed by atoms with E-state index in [-0.39, 0.29) is 5.91 Å². The first kappa shape index (κ1) is 15.3. The van der Waals surface area contributed by atoms with Gasteiger partial charge in [0.15, 0.2) is 5.58 Å². The Balaban J connectivity index is 1.92. The number of nitrogens with one attached hydrogen (secondary N) is 1. The molecule has 4 heteroatoms. The lowest BCUT2D eigenvalue weighted by molar-refractivity contribution is -0.116. The fraction of sp³-hybridized carbons (Fsp3) is 0.263. The SMILES string of the molecule is CCCC(=O)Nc1ccc2oc(-c3ccc(C)c(C)c3)nc2c1. The van der Waals surface area contributed by atoms with Crippen LogP contribution in [0.25, 0.3) is 22.6 Å². The molecule has 0 fully saturated rings. The molecule has 118 valence electrons. The molecule has 0 unspecified atom stereocenters. The predicted octanol–water partition coefficient (Wildman–Crippen LogP) is 4.85. The van der Waals surface area contributed by atoms with Crippen LogP contribution in [0.15, 0.2) is 40.8 Å². The third kappa shape index (κ3) is 3.26. The van der Waals surface area contributed by atoms with Gasteiger partial charge in [-0.15, -0.1) is 0 Å². The summed E-state index contributed by atoms with van der Waals surface area (Å²) >= 11 is 0. The largest absolute Gasteiger partial charge is 0.436 e. The fourth-order valence-corrected chi connectivity index (χ4v) is 2.45. The van der Waals surface area contributed by atoms with E-state index < -0.39 is 0 Å². The molecule has 4 nitrogen and oxygen atoms in total. The zero-order valence-electron chi connectivity index (χ0n) is 13.6. The molecule has 0 aliphatic rings. The Hall–Kier alpha value is -2.62. The van der Waals surface area contributed by atoms with Crippen LogP contribution in [-0.2, 0) is 4.79 Å². The Morgan fingerprint density at radius 2 is 1.96 bits per heavy atom. The molecule has 0 aliphatic carbocycles. The molecular formula is C19H20N2O2. The molecule has 1 aromatic heterocycles. The summed E-state index contributed by atoms with van der Waals surface area (Å²) < 4.78 is 5.83. The van der Waals surface area contributed by atoms with Gasteiger partial charge in [0.2, 0.25) is 11.8 Å². The molecule has 0 radical (unpaired) electrons. The van der Waals surface area contributed by atoms with Crippen LogP contribution in [0.3, 0.4) is 0 Å². The van der Waals surface area contributed by atoms with Crippen molar-refractivity contribution >= 4 is 22.7 Å². The van der Waals surface area contributed by atoms with E-state index >= 15 is 0 Å². The normalized spacial score (nSPS) is 10.9. The number of anilines is 1. The molecule has 1 N–H and O–H groups in total. The summed E-state index contributed by atoms with van der Waals surface area (Å²) in [6, 6.07) is 11.7. The minimum absolute atomic E-state index is 0.0183. The van der Waals surface area contributed by atoms with Crippen LogP contribution in [0.5, 0.6) is 0 Å². The minimum Gasteiger partial charge on any atom is -0.436 e. The average molecular weight is 308 g/mol. The van der Waals surface area contributed by atoms with Crippen LogP contribution in [0.1, 0.15) is 30.9 Å². The lowest BCUT2D eigenvalue weighted by atomic mass is 10.1. The van der Waals surface area contributed by atoms with Gasteiger partial charge in [-0.3, -0.25) is 4.79 Å². The molecular weight excluding hydrogens is 288 g/mol. The molecule has 0 spiro atoms.